The zero-order valence-electron chi connectivity index (χ0n) is 12.7. The lowest BCUT2D eigenvalue weighted by atomic mass is 10.2. The molecule has 0 aliphatic carbocycles. The molecule has 2 heterocycles. The lowest BCUT2D eigenvalue weighted by Gasteiger charge is -2.10. The Bertz CT molecular complexity index is 674. The van der Waals surface area contributed by atoms with Crippen molar-refractivity contribution in [2.24, 2.45) is 0 Å². The summed E-state index contributed by atoms with van der Waals surface area (Å²) in [5, 5.41) is 3.04. The molecule has 1 amide bonds. The molecule has 2 nitrogen and oxygen atoms in total. The van der Waals surface area contributed by atoms with Crippen LogP contribution in [0.2, 0.25) is 0 Å². The molecule has 0 spiro atoms. The average molecular weight is 350 g/mol. The van der Waals surface area contributed by atoms with Crippen LogP contribution in [-0.2, 0) is 6.42 Å². The van der Waals surface area contributed by atoms with E-state index in [4.69, 9.17) is 0 Å². The Kier molecular flexibility index (Phi) is 5.16. The van der Waals surface area contributed by atoms with Crippen LogP contribution >= 0.6 is 34.9 Å². The zero-order valence-corrected chi connectivity index (χ0v) is 15.2. The highest BCUT2D eigenvalue weighted by molar-refractivity contribution is 8.19. The van der Waals surface area contributed by atoms with E-state index in [2.05, 4.69) is 31.3 Å². The normalized spacial score (nSPS) is 15.2. The Morgan fingerprint density at radius 3 is 2.73 bits per heavy atom. The minimum absolute atomic E-state index is 0.00308. The van der Waals surface area contributed by atoms with Gasteiger partial charge in [-0.15, -0.1) is 34.9 Å². The van der Waals surface area contributed by atoms with Gasteiger partial charge in [0.1, 0.15) is 0 Å². The number of hydrogen-bond donors (Lipinski definition) is 1. The van der Waals surface area contributed by atoms with Crippen LogP contribution in [0.1, 0.15) is 37.2 Å². The maximum Gasteiger partial charge on any atom is 0.265 e. The number of thioether (sulfide) groups is 2. The predicted octanol–water partition coefficient (Wildman–Crippen LogP) is 5.35. The highest BCUT2D eigenvalue weighted by atomic mass is 32.2. The first-order valence-electron chi connectivity index (χ1n) is 7.41. The first-order chi connectivity index (χ1) is 10.7. The van der Waals surface area contributed by atoms with Gasteiger partial charge in [-0.1, -0.05) is 19.1 Å². The van der Waals surface area contributed by atoms with E-state index < -0.39 is 0 Å². The fourth-order valence-corrected chi connectivity index (χ4v) is 6.34. The maximum absolute atomic E-state index is 12.4. The van der Waals surface area contributed by atoms with Crippen LogP contribution < -0.4 is 5.32 Å². The standard InChI is InChI=1S/C17H19NOS3/c1-3-12-10-15(22-11(12)2)16(19)18-14-6-4-5-13(9-14)17-20-7-8-21-17/h4-6,9-10,17H,3,7-8H2,1-2H3,(H,18,19). The van der Waals surface area contributed by atoms with Crippen molar-refractivity contribution in [3.05, 3.63) is 51.2 Å². The largest absolute Gasteiger partial charge is 0.321 e. The third-order valence-corrected chi connectivity index (χ3v) is 7.86. The van der Waals surface area contributed by atoms with Crippen LogP contribution in [0.15, 0.2) is 30.3 Å². The lowest BCUT2D eigenvalue weighted by molar-refractivity contribution is 0.103. The van der Waals surface area contributed by atoms with E-state index in [0.29, 0.717) is 4.58 Å². The fourth-order valence-electron chi connectivity index (χ4n) is 2.49. The Labute approximate surface area is 144 Å². The van der Waals surface area contributed by atoms with Gasteiger partial charge in [0.15, 0.2) is 0 Å². The Morgan fingerprint density at radius 1 is 1.27 bits per heavy atom. The highest BCUT2D eigenvalue weighted by Gasteiger charge is 2.19. The minimum atomic E-state index is -0.00308. The summed E-state index contributed by atoms with van der Waals surface area (Å²) in [6.07, 6.45) is 0.973. The quantitative estimate of drug-likeness (QED) is 0.807. The van der Waals surface area contributed by atoms with Gasteiger partial charge in [-0.3, -0.25) is 4.79 Å². The molecule has 1 saturated heterocycles. The van der Waals surface area contributed by atoms with Gasteiger partial charge in [0, 0.05) is 22.1 Å². The van der Waals surface area contributed by atoms with Crippen molar-refractivity contribution in [2.45, 2.75) is 24.9 Å². The second-order valence-corrected chi connectivity index (χ2v) is 9.18. The molecule has 5 heteroatoms. The number of hydrogen-bond acceptors (Lipinski definition) is 4. The fraction of sp³-hybridized carbons (Fsp3) is 0.353. The van der Waals surface area contributed by atoms with Gasteiger partial charge in [0.2, 0.25) is 0 Å². The van der Waals surface area contributed by atoms with Crippen molar-refractivity contribution in [2.75, 3.05) is 16.8 Å². The molecule has 1 aromatic carbocycles. The van der Waals surface area contributed by atoms with Crippen molar-refractivity contribution >= 4 is 46.5 Å². The monoisotopic (exact) mass is 349 g/mol. The van der Waals surface area contributed by atoms with Crippen molar-refractivity contribution < 1.29 is 4.79 Å². The number of aryl methyl sites for hydroxylation is 2. The molecule has 1 fully saturated rings. The van der Waals surface area contributed by atoms with E-state index in [9.17, 15) is 4.79 Å². The van der Waals surface area contributed by atoms with Crippen molar-refractivity contribution in [1.29, 1.82) is 0 Å². The number of amides is 1. The third kappa shape index (κ3) is 3.53. The molecule has 116 valence electrons. The molecule has 2 aromatic rings. The van der Waals surface area contributed by atoms with Gasteiger partial charge in [-0.05, 0) is 42.7 Å². The summed E-state index contributed by atoms with van der Waals surface area (Å²) in [6.45, 7) is 4.20. The number of thiophene rings is 1. The molecule has 1 N–H and O–H groups in total. The SMILES string of the molecule is CCc1cc(C(=O)Nc2cccc(C3SCCS3)c2)sc1C. The molecular formula is C17H19NOS3. The molecule has 1 aliphatic rings. The Morgan fingerprint density at radius 2 is 2.05 bits per heavy atom. The number of anilines is 1. The van der Waals surface area contributed by atoms with Crippen LogP contribution in [0.3, 0.4) is 0 Å². The smallest absolute Gasteiger partial charge is 0.265 e. The van der Waals surface area contributed by atoms with Crippen molar-refractivity contribution in [3.63, 3.8) is 0 Å². The summed E-state index contributed by atoms with van der Waals surface area (Å²) in [5.41, 5.74) is 3.45. The van der Waals surface area contributed by atoms with E-state index in [1.54, 1.807) is 11.3 Å². The second kappa shape index (κ2) is 7.11. The van der Waals surface area contributed by atoms with Gasteiger partial charge in [-0.2, -0.15) is 0 Å². The highest BCUT2D eigenvalue weighted by Crippen LogP contribution is 2.45. The molecular weight excluding hydrogens is 330 g/mol. The van der Waals surface area contributed by atoms with Gasteiger partial charge >= 0.3 is 0 Å². The second-order valence-electron chi connectivity index (χ2n) is 5.20. The van der Waals surface area contributed by atoms with Crippen LogP contribution in [0, 0.1) is 6.92 Å². The topological polar surface area (TPSA) is 29.1 Å². The van der Waals surface area contributed by atoms with E-state index in [1.807, 2.05) is 41.7 Å². The van der Waals surface area contributed by atoms with Gasteiger partial charge < -0.3 is 5.32 Å². The maximum atomic E-state index is 12.4. The van der Waals surface area contributed by atoms with E-state index in [1.165, 1.54) is 27.5 Å². The molecule has 22 heavy (non-hydrogen) atoms. The summed E-state index contributed by atoms with van der Waals surface area (Å²) in [7, 11) is 0. The predicted molar refractivity (Wildman–Crippen MR) is 100 cm³/mol. The van der Waals surface area contributed by atoms with Crippen LogP contribution in [0.5, 0.6) is 0 Å². The first-order valence-corrected chi connectivity index (χ1v) is 10.3. The summed E-state index contributed by atoms with van der Waals surface area (Å²) >= 11 is 5.54. The Hall–Kier alpha value is -0.910. The van der Waals surface area contributed by atoms with E-state index >= 15 is 0 Å². The zero-order chi connectivity index (χ0) is 15.5. The summed E-state index contributed by atoms with van der Waals surface area (Å²) in [6, 6.07) is 10.3. The van der Waals surface area contributed by atoms with Crippen molar-refractivity contribution in [3.8, 4) is 0 Å². The third-order valence-electron chi connectivity index (χ3n) is 3.66. The molecule has 1 aromatic heterocycles. The number of nitrogens with one attached hydrogen (secondary N) is 1. The summed E-state index contributed by atoms with van der Waals surface area (Å²) < 4.78 is 0.507. The Balaban J connectivity index is 1.74. The number of benzene rings is 1. The average Bonchev–Trinajstić information content (AvgIpc) is 3.16. The molecule has 0 unspecified atom stereocenters. The van der Waals surface area contributed by atoms with Crippen molar-refractivity contribution in [1.82, 2.24) is 0 Å². The van der Waals surface area contributed by atoms with E-state index in [-0.39, 0.29) is 5.91 Å². The molecule has 0 atom stereocenters. The van der Waals surface area contributed by atoms with Gasteiger partial charge in [0.05, 0.1) is 9.46 Å². The van der Waals surface area contributed by atoms with Gasteiger partial charge in [0.25, 0.3) is 5.91 Å². The number of carbonyl (C=O) groups is 1. The first kappa shape index (κ1) is 16.0. The lowest BCUT2D eigenvalue weighted by Crippen LogP contribution is -2.10. The minimum Gasteiger partial charge on any atom is -0.321 e. The van der Waals surface area contributed by atoms with Crippen LogP contribution in [-0.4, -0.2) is 17.4 Å². The number of carbonyl (C=O) groups excluding carboxylic acids is 1. The molecule has 1 aliphatic heterocycles. The van der Waals surface area contributed by atoms with Crippen LogP contribution in [0.25, 0.3) is 0 Å². The van der Waals surface area contributed by atoms with Gasteiger partial charge in [-0.25, -0.2) is 0 Å². The molecule has 0 saturated carbocycles. The molecule has 0 radical (unpaired) electrons. The number of rotatable bonds is 4. The molecule has 0 bridgehead atoms. The summed E-state index contributed by atoms with van der Waals surface area (Å²) in [5.74, 6) is 2.41. The molecule has 3 rings (SSSR count). The summed E-state index contributed by atoms with van der Waals surface area (Å²) in [4.78, 5) is 14.4. The van der Waals surface area contributed by atoms with Crippen LogP contribution in [0.4, 0.5) is 5.69 Å². The van der Waals surface area contributed by atoms with E-state index in [0.717, 1.165) is 17.0 Å².